The van der Waals surface area contributed by atoms with Gasteiger partial charge in [-0.3, -0.25) is 9.59 Å². The van der Waals surface area contributed by atoms with Crippen LogP contribution in [0.25, 0.3) is 0 Å². The van der Waals surface area contributed by atoms with Crippen LogP contribution < -0.4 is 5.56 Å². The van der Waals surface area contributed by atoms with Crippen molar-refractivity contribution in [3.8, 4) is 0 Å². The first kappa shape index (κ1) is 10.4. The van der Waals surface area contributed by atoms with Gasteiger partial charge in [0.2, 0.25) is 0 Å². The van der Waals surface area contributed by atoms with Crippen molar-refractivity contribution in [2.24, 2.45) is 0 Å². The Morgan fingerprint density at radius 3 is 3.00 bits per heavy atom. The van der Waals surface area contributed by atoms with E-state index in [-0.39, 0.29) is 13.2 Å². The molecule has 6 heteroatoms. The Morgan fingerprint density at radius 2 is 2.43 bits per heavy atom. The second kappa shape index (κ2) is 4.50. The largest absolute Gasteiger partial charge is 0.465 e. The summed E-state index contributed by atoms with van der Waals surface area (Å²) in [6, 6.07) is 0.756. The highest BCUT2D eigenvalue weighted by Gasteiger charge is 2.06. The molecule has 0 aliphatic heterocycles. The second-order valence-electron chi connectivity index (χ2n) is 2.47. The molecule has 0 aliphatic rings. The third-order valence-electron chi connectivity index (χ3n) is 1.42. The number of esters is 1. The molecule has 1 heterocycles. The highest BCUT2D eigenvalue weighted by molar-refractivity contribution is 5.68. The van der Waals surface area contributed by atoms with Gasteiger partial charge >= 0.3 is 5.97 Å². The van der Waals surface area contributed by atoms with Gasteiger partial charge < -0.3 is 4.74 Å². The topological polar surface area (TPSA) is 61.2 Å². The van der Waals surface area contributed by atoms with Gasteiger partial charge in [0.05, 0.1) is 12.8 Å². The summed E-state index contributed by atoms with van der Waals surface area (Å²) in [5.74, 6) is -1.30. The zero-order chi connectivity index (χ0) is 10.6. The minimum absolute atomic E-state index is 0.231. The molecule has 0 saturated carbocycles. The number of aromatic nitrogens is 2. The molecular weight excluding hydrogens is 191 g/mol. The summed E-state index contributed by atoms with van der Waals surface area (Å²) < 4.78 is 17.9. The number of nitrogens with zero attached hydrogens (tertiary/aromatic N) is 2. The SMILES string of the molecule is CCOC(=O)Cn1ncc(F)cc1=O. The Balaban J connectivity index is 2.77. The molecule has 0 amide bonds. The van der Waals surface area contributed by atoms with Crippen LogP contribution in [-0.2, 0) is 16.1 Å². The molecule has 1 rings (SSSR count). The van der Waals surface area contributed by atoms with Crippen LogP contribution in [0.5, 0.6) is 0 Å². The first-order valence-corrected chi connectivity index (χ1v) is 4.01. The minimum Gasteiger partial charge on any atom is -0.465 e. The van der Waals surface area contributed by atoms with E-state index in [4.69, 9.17) is 0 Å². The van der Waals surface area contributed by atoms with Crippen molar-refractivity contribution in [3.63, 3.8) is 0 Å². The van der Waals surface area contributed by atoms with E-state index in [0.717, 1.165) is 16.9 Å². The first-order valence-electron chi connectivity index (χ1n) is 4.01. The Kier molecular flexibility index (Phi) is 3.33. The summed E-state index contributed by atoms with van der Waals surface area (Å²) in [5.41, 5.74) is -0.668. The third-order valence-corrected chi connectivity index (χ3v) is 1.42. The summed E-state index contributed by atoms with van der Waals surface area (Å²) in [5, 5.41) is 3.43. The number of halogens is 1. The molecular formula is C8H9FN2O3. The molecule has 5 nitrogen and oxygen atoms in total. The van der Waals surface area contributed by atoms with E-state index in [1.54, 1.807) is 6.92 Å². The van der Waals surface area contributed by atoms with E-state index in [2.05, 4.69) is 9.84 Å². The molecule has 0 spiro atoms. The lowest BCUT2D eigenvalue weighted by Gasteiger charge is -2.02. The van der Waals surface area contributed by atoms with Gasteiger partial charge in [0.15, 0.2) is 0 Å². The molecule has 0 radical (unpaired) electrons. The zero-order valence-electron chi connectivity index (χ0n) is 7.57. The first-order chi connectivity index (χ1) is 6.63. The average Bonchev–Trinajstić information content (AvgIpc) is 2.10. The summed E-state index contributed by atoms with van der Waals surface area (Å²) in [6.45, 7) is 1.58. The maximum absolute atomic E-state index is 12.4. The van der Waals surface area contributed by atoms with Crippen molar-refractivity contribution in [1.82, 2.24) is 9.78 Å². The van der Waals surface area contributed by atoms with Gasteiger partial charge in [-0.1, -0.05) is 0 Å². The van der Waals surface area contributed by atoms with Gasteiger partial charge in [0.25, 0.3) is 5.56 Å². The molecule has 0 atom stereocenters. The lowest BCUT2D eigenvalue weighted by molar-refractivity contribution is -0.144. The van der Waals surface area contributed by atoms with Gasteiger partial charge in [0.1, 0.15) is 12.4 Å². The van der Waals surface area contributed by atoms with E-state index in [9.17, 15) is 14.0 Å². The Morgan fingerprint density at radius 1 is 1.71 bits per heavy atom. The van der Waals surface area contributed by atoms with E-state index in [1.165, 1.54) is 0 Å². The fourth-order valence-corrected chi connectivity index (χ4v) is 0.859. The van der Waals surface area contributed by atoms with Crippen LogP contribution in [0.15, 0.2) is 17.1 Å². The lowest BCUT2D eigenvalue weighted by atomic mass is 10.5. The molecule has 0 fully saturated rings. The predicted octanol–water partition coefficient (Wildman–Crippen LogP) is -0.0545. The number of carbonyl (C=O) groups excluding carboxylic acids is 1. The number of rotatable bonds is 3. The van der Waals surface area contributed by atoms with Crippen LogP contribution in [0.3, 0.4) is 0 Å². The van der Waals surface area contributed by atoms with Gasteiger partial charge in [0, 0.05) is 6.07 Å². The Bertz CT molecular complexity index is 388. The fraction of sp³-hybridized carbons (Fsp3) is 0.375. The smallest absolute Gasteiger partial charge is 0.327 e. The van der Waals surface area contributed by atoms with Crippen LogP contribution >= 0.6 is 0 Å². The van der Waals surface area contributed by atoms with Gasteiger partial charge in [-0.2, -0.15) is 5.10 Å². The number of ether oxygens (including phenoxy) is 1. The monoisotopic (exact) mass is 200 g/mol. The Hall–Kier alpha value is -1.72. The molecule has 0 bridgehead atoms. The van der Waals surface area contributed by atoms with Crippen LogP contribution in [0.2, 0.25) is 0 Å². The third kappa shape index (κ3) is 2.65. The second-order valence-corrected chi connectivity index (χ2v) is 2.47. The predicted molar refractivity (Wildman–Crippen MR) is 45.1 cm³/mol. The lowest BCUT2D eigenvalue weighted by Crippen LogP contribution is -2.27. The molecule has 0 N–H and O–H groups in total. The highest BCUT2D eigenvalue weighted by Crippen LogP contribution is 1.87. The molecule has 0 aromatic carbocycles. The molecule has 76 valence electrons. The summed E-state index contributed by atoms with van der Waals surface area (Å²) in [6.07, 6.45) is 0.862. The number of carbonyl (C=O) groups is 1. The van der Waals surface area contributed by atoms with Crippen molar-refractivity contribution in [1.29, 1.82) is 0 Å². The van der Waals surface area contributed by atoms with E-state index < -0.39 is 17.3 Å². The zero-order valence-corrected chi connectivity index (χ0v) is 7.57. The standard InChI is InChI=1S/C8H9FN2O3/c1-2-14-8(13)5-11-7(12)3-6(9)4-10-11/h3-4H,2,5H2,1H3. The van der Waals surface area contributed by atoms with Crippen LogP contribution in [0.1, 0.15) is 6.92 Å². The highest BCUT2D eigenvalue weighted by atomic mass is 19.1. The van der Waals surface area contributed by atoms with E-state index in [0.29, 0.717) is 0 Å². The molecule has 1 aromatic heterocycles. The quantitative estimate of drug-likeness (QED) is 0.641. The van der Waals surface area contributed by atoms with Crippen LogP contribution in [0, 0.1) is 5.82 Å². The van der Waals surface area contributed by atoms with Gasteiger partial charge in [-0.25, -0.2) is 9.07 Å². The van der Waals surface area contributed by atoms with Crippen molar-refractivity contribution < 1.29 is 13.9 Å². The molecule has 0 aliphatic carbocycles. The molecule has 1 aromatic rings. The molecule has 0 unspecified atom stereocenters. The summed E-state index contributed by atoms with van der Waals surface area (Å²) >= 11 is 0. The number of hydrogen-bond acceptors (Lipinski definition) is 4. The van der Waals surface area contributed by atoms with Crippen LogP contribution in [0.4, 0.5) is 4.39 Å². The minimum atomic E-state index is -0.727. The maximum atomic E-state index is 12.4. The van der Waals surface area contributed by atoms with Crippen LogP contribution in [-0.4, -0.2) is 22.4 Å². The maximum Gasteiger partial charge on any atom is 0.327 e. The van der Waals surface area contributed by atoms with Crippen molar-refractivity contribution in [2.75, 3.05) is 6.61 Å². The Labute approximate surface area is 79.1 Å². The van der Waals surface area contributed by atoms with Gasteiger partial charge in [-0.05, 0) is 6.92 Å². The van der Waals surface area contributed by atoms with Gasteiger partial charge in [-0.15, -0.1) is 0 Å². The average molecular weight is 200 g/mol. The molecule has 0 saturated heterocycles. The van der Waals surface area contributed by atoms with E-state index in [1.807, 2.05) is 0 Å². The fourth-order valence-electron chi connectivity index (χ4n) is 0.859. The normalized spacial score (nSPS) is 9.86. The summed E-state index contributed by atoms with van der Waals surface area (Å²) in [4.78, 5) is 22.0. The summed E-state index contributed by atoms with van der Waals surface area (Å²) in [7, 11) is 0. The van der Waals surface area contributed by atoms with Crippen molar-refractivity contribution in [2.45, 2.75) is 13.5 Å². The van der Waals surface area contributed by atoms with E-state index >= 15 is 0 Å². The van der Waals surface area contributed by atoms with Crippen molar-refractivity contribution in [3.05, 3.63) is 28.4 Å². The number of hydrogen-bond donors (Lipinski definition) is 0. The van der Waals surface area contributed by atoms with Crippen molar-refractivity contribution >= 4 is 5.97 Å². The molecule has 14 heavy (non-hydrogen) atoms.